The lowest BCUT2D eigenvalue weighted by Gasteiger charge is -2.14. The number of alkyl halides is 4. The number of para-hydroxylation sites is 1. The summed E-state index contributed by atoms with van der Waals surface area (Å²) in [6.45, 7) is 0. The molecule has 0 aliphatic heterocycles. The standard InChI is InChI=1S/C15H10ClF3N2/c16-9-11-6-5-10-7-8-21(14(10)20-11)13-4-2-1-3-12(13)15(17,18)19/h1-8H,9H2. The Hall–Kier alpha value is -2.01. The molecule has 0 atom stereocenters. The van der Waals surface area contributed by atoms with E-state index in [4.69, 9.17) is 11.6 Å². The molecular weight excluding hydrogens is 301 g/mol. The number of hydrogen-bond donors (Lipinski definition) is 0. The van der Waals surface area contributed by atoms with Crippen LogP contribution in [0.2, 0.25) is 0 Å². The lowest BCUT2D eigenvalue weighted by Crippen LogP contribution is -2.10. The van der Waals surface area contributed by atoms with E-state index < -0.39 is 11.7 Å². The Morgan fingerprint density at radius 1 is 1.05 bits per heavy atom. The van der Waals surface area contributed by atoms with Crippen molar-refractivity contribution in [3.05, 3.63) is 59.9 Å². The van der Waals surface area contributed by atoms with Crippen LogP contribution in [0.1, 0.15) is 11.3 Å². The fourth-order valence-electron chi connectivity index (χ4n) is 2.24. The van der Waals surface area contributed by atoms with Crippen molar-refractivity contribution in [2.24, 2.45) is 0 Å². The molecule has 2 nitrogen and oxygen atoms in total. The van der Waals surface area contributed by atoms with Crippen molar-refractivity contribution in [2.45, 2.75) is 12.1 Å². The zero-order valence-electron chi connectivity index (χ0n) is 10.7. The molecule has 6 heteroatoms. The molecule has 0 spiro atoms. The van der Waals surface area contributed by atoms with E-state index in [2.05, 4.69) is 4.98 Å². The fourth-order valence-corrected chi connectivity index (χ4v) is 2.39. The van der Waals surface area contributed by atoms with Gasteiger partial charge in [-0.05, 0) is 30.3 Å². The highest BCUT2D eigenvalue weighted by molar-refractivity contribution is 6.16. The maximum atomic E-state index is 13.1. The van der Waals surface area contributed by atoms with E-state index in [1.165, 1.54) is 16.7 Å². The monoisotopic (exact) mass is 310 g/mol. The minimum atomic E-state index is -4.42. The number of nitrogens with zero attached hydrogens (tertiary/aromatic N) is 2. The van der Waals surface area contributed by atoms with Crippen molar-refractivity contribution in [3.63, 3.8) is 0 Å². The van der Waals surface area contributed by atoms with E-state index in [-0.39, 0.29) is 11.6 Å². The first-order chi connectivity index (χ1) is 10.0. The van der Waals surface area contributed by atoms with Gasteiger partial charge in [0.1, 0.15) is 5.65 Å². The van der Waals surface area contributed by atoms with Crippen LogP contribution < -0.4 is 0 Å². The maximum absolute atomic E-state index is 13.1. The first-order valence-corrected chi connectivity index (χ1v) is 6.73. The molecular formula is C15H10ClF3N2. The predicted octanol–water partition coefficient (Wildman–Crippen LogP) is 4.78. The van der Waals surface area contributed by atoms with Gasteiger partial charge in [0.25, 0.3) is 0 Å². The molecule has 0 aliphatic carbocycles. The number of benzene rings is 1. The van der Waals surface area contributed by atoms with Crippen LogP contribution in [0.3, 0.4) is 0 Å². The van der Waals surface area contributed by atoms with E-state index in [9.17, 15) is 13.2 Å². The van der Waals surface area contributed by atoms with Gasteiger partial charge in [-0.1, -0.05) is 12.1 Å². The topological polar surface area (TPSA) is 17.8 Å². The second kappa shape index (κ2) is 5.07. The molecule has 2 aromatic heterocycles. The molecule has 108 valence electrons. The van der Waals surface area contributed by atoms with Crippen LogP contribution in [0, 0.1) is 0 Å². The molecule has 0 N–H and O–H groups in total. The molecule has 0 unspecified atom stereocenters. The molecule has 21 heavy (non-hydrogen) atoms. The second-order valence-corrected chi connectivity index (χ2v) is 4.82. The molecule has 2 heterocycles. The van der Waals surface area contributed by atoms with E-state index >= 15 is 0 Å². The smallest absolute Gasteiger partial charge is 0.301 e. The Labute approximate surface area is 123 Å². The van der Waals surface area contributed by atoms with Gasteiger partial charge >= 0.3 is 6.18 Å². The van der Waals surface area contributed by atoms with Crippen molar-refractivity contribution in [1.29, 1.82) is 0 Å². The third-order valence-electron chi connectivity index (χ3n) is 3.20. The summed E-state index contributed by atoms with van der Waals surface area (Å²) in [6, 6.07) is 10.7. The van der Waals surface area contributed by atoms with Crippen LogP contribution in [0.5, 0.6) is 0 Å². The van der Waals surface area contributed by atoms with Gasteiger partial charge in [0.15, 0.2) is 0 Å². The highest BCUT2D eigenvalue weighted by Gasteiger charge is 2.33. The molecule has 0 saturated heterocycles. The Morgan fingerprint density at radius 3 is 2.52 bits per heavy atom. The highest BCUT2D eigenvalue weighted by atomic mass is 35.5. The number of hydrogen-bond acceptors (Lipinski definition) is 1. The van der Waals surface area contributed by atoms with Gasteiger partial charge in [-0.15, -0.1) is 11.6 Å². The normalized spacial score (nSPS) is 12.0. The van der Waals surface area contributed by atoms with Crippen molar-refractivity contribution in [2.75, 3.05) is 0 Å². The van der Waals surface area contributed by atoms with Crippen LogP contribution in [0.25, 0.3) is 16.7 Å². The van der Waals surface area contributed by atoms with Crippen molar-refractivity contribution >= 4 is 22.6 Å². The van der Waals surface area contributed by atoms with Gasteiger partial charge in [0, 0.05) is 11.6 Å². The average Bonchev–Trinajstić information content (AvgIpc) is 2.89. The Morgan fingerprint density at radius 2 is 1.81 bits per heavy atom. The predicted molar refractivity (Wildman–Crippen MR) is 75.6 cm³/mol. The van der Waals surface area contributed by atoms with Crippen molar-refractivity contribution in [1.82, 2.24) is 9.55 Å². The van der Waals surface area contributed by atoms with Gasteiger partial charge in [0.2, 0.25) is 0 Å². The van der Waals surface area contributed by atoms with Gasteiger partial charge in [0.05, 0.1) is 22.8 Å². The summed E-state index contributed by atoms with van der Waals surface area (Å²) in [5.41, 5.74) is 0.443. The highest BCUT2D eigenvalue weighted by Crippen LogP contribution is 2.34. The fraction of sp³-hybridized carbons (Fsp3) is 0.133. The van der Waals surface area contributed by atoms with Gasteiger partial charge < -0.3 is 4.57 Å². The van der Waals surface area contributed by atoms with Crippen molar-refractivity contribution < 1.29 is 13.2 Å². The first-order valence-electron chi connectivity index (χ1n) is 6.20. The molecule has 3 rings (SSSR count). The molecule has 0 radical (unpaired) electrons. The average molecular weight is 311 g/mol. The lowest BCUT2D eigenvalue weighted by atomic mass is 10.1. The molecule has 0 aliphatic rings. The van der Waals surface area contributed by atoms with Crippen LogP contribution in [-0.2, 0) is 12.1 Å². The van der Waals surface area contributed by atoms with E-state index in [1.54, 1.807) is 30.5 Å². The SMILES string of the molecule is FC(F)(F)c1ccccc1-n1ccc2ccc(CCl)nc21. The summed E-state index contributed by atoms with van der Waals surface area (Å²) in [6.07, 6.45) is -2.84. The summed E-state index contributed by atoms with van der Waals surface area (Å²) >= 11 is 5.74. The van der Waals surface area contributed by atoms with E-state index in [0.717, 1.165) is 11.5 Å². The number of halogens is 4. The Bertz CT molecular complexity index is 793. The minimum Gasteiger partial charge on any atom is -0.301 e. The largest absolute Gasteiger partial charge is 0.418 e. The second-order valence-electron chi connectivity index (χ2n) is 4.55. The third-order valence-corrected chi connectivity index (χ3v) is 3.47. The number of rotatable bonds is 2. The molecule has 1 aromatic carbocycles. The molecule has 0 bridgehead atoms. The Kier molecular flexibility index (Phi) is 3.37. The number of fused-ring (bicyclic) bond motifs is 1. The van der Waals surface area contributed by atoms with Crippen LogP contribution >= 0.6 is 11.6 Å². The third kappa shape index (κ3) is 2.49. The number of aromatic nitrogens is 2. The van der Waals surface area contributed by atoms with E-state index in [0.29, 0.717) is 11.3 Å². The van der Waals surface area contributed by atoms with E-state index in [1.807, 2.05) is 0 Å². The van der Waals surface area contributed by atoms with Crippen LogP contribution in [-0.4, -0.2) is 9.55 Å². The van der Waals surface area contributed by atoms with Crippen LogP contribution in [0.4, 0.5) is 13.2 Å². The Balaban J connectivity index is 2.26. The number of pyridine rings is 1. The van der Waals surface area contributed by atoms with Crippen molar-refractivity contribution in [3.8, 4) is 5.69 Å². The summed E-state index contributed by atoms with van der Waals surface area (Å²) < 4.78 is 40.8. The summed E-state index contributed by atoms with van der Waals surface area (Å²) in [7, 11) is 0. The minimum absolute atomic E-state index is 0.0548. The first kappa shape index (κ1) is 13.9. The molecule has 0 saturated carbocycles. The van der Waals surface area contributed by atoms with Crippen LogP contribution in [0.15, 0.2) is 48.7 Å². The van der Waals surface area contributed by atoms with Gasteiger partial charge in [-0.2, -0.15) is 13.2 Å². The maximum Gasteiger partial charge on any atom is 0.418 e. The summed E-state index contributed by atoms with van der Waals surface area (Å²) in [5, 5.41) is 0.765. The summed E-state index contributed by atoms with van der Waals surface area (Å²) in [5.74, 6) is 0.210. The molecule has 0 fully saturated rings. The zero-order valence-corrected chi connectivity index (χ0v) is 11.5. The van der Waals surface area contributed by atoms with Gasteiger partial charge in [-0.3, -0.25) is 0 Å². The van der Waals surface area contributed by atoms with Gasteiger partial charge in [-0.25, -0.2) is 4.98 Å². The molecule has 3 aromatic rings. The summed E-state index contributed by atoms with van der Waals surface area (Å²) in [4.78, 5) is 4.32. The lowest BCUT2D eigenvalue weighted by molar-refractivity contribution is -0.137. The molecule has 0 amide bonds. The zero-order chi connectivity index (χ0) is 15.0. The quantitative estimate of drug-likeness (QED) is 0.623.